The molecule has 4 rings (SSSR count). The lowest BCUT2D eigenvalue weighted by Crippen LogP contribution is -2.31. The third-order valence-electron chi connectivity index (χ3n) is 4.74. The first-order chi connectivity index (χ1) is 13.3. The van der Waals surface area contributed by atoms with Gasteiger partial charge in [-0.2, -0.15) is 0 Å². The maximum absolute atomic E-state index is 12.7. The molecule has 1 unspecified atom stereocenters. The second-order valence-corrected chi connectivity index (χ2v) is 9.40. The monoisotopic (exact) mass is 459 g/mol. The van der Waals surface area contributed by atoms with Crippen molar-refractivity contribution in [1.82, 2.24) is 4.72 Å². The summed E-state index contributed by atoms with van der Waals surface area (Å²) >= 11 is 3.50. The van der Waals surface area contributed by atoms with E-state index >= 15 is 0 Å². The first-order valence-corrected chi connectivity index (χ1v) is 11.1. The molecule has 1 N–H and O–H groups in total. The zero-order chi connectivity index (χ0) is 19.9. The Hall–Kier alpha value is -2.38. The standard InChI is InChI=1S/C21H18BrNO4S/c1-13-10-15-11-16(7-9-20(15)27-13)28(25,26)23-21(24)12-14-6-8-19(22)18-5-3-2-4-17(14)18/h2-9,11,13H,10,12H2,1H3,(H,23,24). The van der Waals surface area contributed by atoms with Gasteiger partial charge in [0.2, 0.25) is 5.91 Å². The lowest BCUT2D eigenvalue weighted by Gasteiger charge is -2.10. The molecule has 0 radical (unpaired) electrons. The molecule has 0 bridgehead atoms. The van der Waals surface area contributed by atoms with E-state index in [1.807, 2.05) is 43.3 Å². The van der Waals surface area contributed by atoms with Gasteiger partial charge in [-0.25, -0.2) is 13.1 Å². The third kappa shape index (κ3) is 3.64. The maximum atomic E-state index is 12.7. The van der Waals surface area contributed by atoms with Crippen LogP contribution in [0.1, 0.15) is 18.1 Å². The highest BCUT2D eigenvalue weighted by molar-refractivity contribution is 9.10. The Bertz CT molecular complexity index is 1190. The Labute approximate surface area is 171 Å². The molecule has 7 heteroatoms. The average Bonchev–Trinajstić information content (AvgIpc) is 3.03. The minimum Gasteiger partial charge on any atom is -0.490 e. The summed E-state index contributed by atoms with van der Waals surface area (Å²) < 4.78 is 34.0. The molecule has 1 heterocycles. The van der Waals surface area contributed by atoms with Crippen molar-refractivity contribution < 1.29 is 17.9 Å². The van der Waals surface area contributed by atoms with Gasteiger partial charge in [0.1, 0.15) is 11.9 Å². The Morgan fingerprint density at radius 2 is 1.89 bits per heavy atom. The smallest absolute Gasteiger partial charge is 0.264 e. The fourth-order valence-corrected chi connectivity index (χ4v) is 4.97. The van der Waals surface area contributed by atoms with Gasteiger partial charge < -0.3 is 4.74 Å². The van der Waals surface area contributed by atoms with E-state index < -0.39 is 15.9 Å². The lowest BCUT2D eigenvalue weighted by atomic mass is 10.0. The first-order valence-electron chi connectivity index (χ1n) is 8.85. The predicted octanol–water partition coefficient (Wildman–Crippen LogP) is 3.97. The lowest BCUT2D eigenvalue weighted by molar-refractivity contribution is -0.118. The molecule has 0 aromatic heterocycles. The fraction of sp³-hybridized carbons (Fsp3) is 0.190. The highest BCUT2D eigenvalue weighted by Gasteiger charge is 2.24. The van der Waals surface area contributed by atoms with Crippen molar-refractivity contribution >= 4 is 42.6 Å². The number of carbonyl (C=O) groups excluding carboxylic acids is 1. The van der Waals surface area contributed by atoms with Crippen LogP contribution >= 0.6 is 15.9 Å². The molecule has 0 fully saturated rings. The van der Waals surface area contributed by atoms with Crippen molar-refractivity contribution in [3.8, 4) is 5.75 Å². The Kier molecular flexibility index (Phi) is 4.89. The summed E-state index contributed by atoms with van der Waals surface area (Å²) in [4.78, 5) is 12.6. The van der Waals surface area contributed by atoms with Crippen molar-refractivity contribution in [1.29, 1.82) is 0 Å². The van der Waals surface area contributed by atoms with E-state index in [0.717, 1.165) is 26.4 Å². The fourth-order valence-electron chi connectivity index (χ4n) is 3.46. The summed E-state index contributed by atoms with van der Waals surface area (Å²) in [6.45, 7) is 1.93. The summed E-state index contributed by atoms with van der Waals surface area (Å²) in [6.07, 6.45) is 0.642. The molecular weight excluding hydrogens is 442 g/mol. The van der Waals surface area contributed by atoms with Crippen molar-refractivity contribution in [3.63, 3.8) is 0 Å². The van der Waals surface area contributed by atoms with Crippen LogP contribution in [0.15, 0.2) is 64.0 Å². The van der Waals surface area contributed by atoms with Gasteiger partial charge in [-0.05, 0) is 53.1 Å². The molecule has 5 nitrogen and oxygen atoms in total. The van der Waals surface area contributed by atoms with Crippen LogP contribution in [0.25, 0.3) is 10.8 Å². The van der Waals surface area contributed by atoms with Crippen molar-refractivity contribution in [3.05, 3.63) is 70.2 Å². The van der Waals surface area contributed by atoms with E-state index in [9.17, 15) is 13.2 Å². The van der Waals surface area contributed by atoms with Gasteiger partial charge in [-0.3, -0.25) is 4.79 Å². The van der Waals surface area contributed by atoms with Gasteiger partial charge in [-0.15, -0.1) is 0 Å². The number of rotatable bonds is 4. The number of nitrogens with one attached hydrogen (secondary N) is 1. The van der Waals surface area contributed by atoms with Gasteiger partial charge >= 0.3 is 0 Å². The van der Waals surface area contributed by atoms with E-state index in [1.54, 1.807) is 12.1 Å². The van der Waals surface area contributed by atoms with Crippen molar-refractivity contribution in [2.24, 2.45) is 0 Å². The normalized spacial score (nSPS) is 15.9. The molecule has 144 valence electrons. The minimum absolute atomic E-state index is 0.0215. The summed E-state index contributed by atoms with van der Waals surface area (Å²) in [6, 6.07) is 16.0. The van der Waals surface area contributed by atoms with Gasteiger partial charge in [-0.1, -0.05) is 46.3 Å². The number of benzene rings is 3. The SMILES string of the molecule is CC1Cc2cc(S(=O)(=O)NC(=O)Cc3ccc(Br)c4ccccc34)ccc2O1. The van der Waals surface area contributed by atoms with Crippen LogP contribution in [0.2, 0.25) is 0 Å². The molecule has 1 atom stereocenters. The van der Waals surface area contributed by atoms with Crippen molar-refractivity contribution in [2.45, 2.75) is 30.8 Å². The summed E-state index contributed by atoms with van der Waals surface area (Å²) in [5.41, 5.74) is 1.60. The Morgan fingerprint density at radius 3 is 2.68 bits per heavy atom. The van der Waals surface area contributed by atoms with Crippen LogP contribution in [0.5, 0.6) is 5.75 Å². The number of halogens is 1. The Morgan fingerprint density at radius 1 is 1.14 bits per heavy atom. The summed E-state index contributed by atoms with van der Waals surface area (Å²) in [5.74, 6) is 0.122. The highest BCUT2D eigenvalue weighted by atomic mass is 79.9. The minimum atomic E-state index is -3.94. The molecule has 3 aromatic carbocycles. The van der Waals surface area contributed by atoms with E-state index in [4.69, 9.17) is 4.74 Å². The predicted molar refractivity (Wildman–Crippen MR) is 111 cm³/mol. The van der Waals surface area contributed by atoms with Gasteiger partial charge in [0.15, 0.2) is 0 Å². The van der Waals surface area contributed by atoms with Crippen LogP contribution in [0.4, 0.5) is 0 Å². The Balaban J connectivity index is 1.56. The topological polar surface area (TPSA) is 72.5 Å². The number of carbonyl (C=O) groups is 1. The summed E-state index contributed by atoms with van der Waals surface area (Å²) in [5, 5.41) is 1.89. The van der Waals surface area contributed by atoms with E-state index in [-0.39, 0.29) is 17.4 Å². The molecule has 1 aliphatic rings. The number of sulfonamides is 1. The van der Waals surface area contributed by atoms with Gasteiger partial charge in [0, 0.05) is 10.9 Å². The van der Waals surface area contributed by atoms with E-state index in [1.165, 1.54) is 6.07 Å². The number of ether oxygens (including phenoxy) is 1. The summed E-state index contributed by atoms with van der Waals surface area (Å²) in [7, 11) is -3.94. The quantitative estimate of drug-likeness (QED) is 0.640. The van der Waals surface area contributed by atoms with Crippen LogP contribution < -0.4 is 9.46 Å². The molecule has 0 aliphatic carbocycles. The van der Waals surface area contributed by atoms with Crippen LogP contribution in [0, 0.1) is 0 Å². The molecule has 0 saturated heterocycles. The van der Waals surface area contributed by atoms with Crippen LogP contribution in [-0.4, -0.2) is 20.4 Å². The molecule has 0 spiro atoms. The zero-order valence-corrected chi connectivity index (χ0v) is 17.5. The largest absolute Gasteiger partial charge is 0.490 e. The average molecular weight is 460 g/mol. The van der Waals surface area contributed by atoms with Crippen LogP contribution in [-0.2, 0) is 27.7 Å². The molecule has 1 aliphatic heterocycles. The zero-order valence-electron chi connectivity index (χ0n) is 15.1. The molecule has 28 heavy (non-hydrogen) atoms. The van der Waals surface area contributed by atoms with E-state index in [2.05, 4.69) is 20.7 Å². The number of fused-ring (bicyclic) bond motifs is 2. The number of amides is 1. The second-order valence-electron chi connectivity index (χ2n) is 6.86. The molecular formula is C21H18BrNO4S. The number of hydrogen-bond donors (Lipinski definition) is 1. The van der Waals surface area contributed by atoms with Gasteiger partial charge in [0.05, 0.1) is 11.3 Å². The molecule has 3 aromatic rings. The first kappa shape index (κ1) is 19.0. The van der Waals surface area contributed by atoms with Crippen molar-refractivity contribution in [2.75, 3.05) is 0 Å². The van der Waals surface area contributed by atoms with E-state index in [0.29, 0.717) is 12.2 Å². The molecule has 1 amide bonds. The highest BCUT2D eigenvalue weighted by Crippen LogP contribution is 2.31. The molecule has 0 saturated carbocycles. The van der Waals surface area contributed by atoms with Gasteiger partial charge in [0.25, 0.3) is 10.0 Å². The van der Waals surface area contributed by atoms with Crippen LogP contribution in [0.3, 0.4) is 0 Å². The maximum Gasteiger partial charge on any atom is 0.264 e. The third-order valence-corrected chi connectivity index (χ3v) is 6.80. The second kappa shape index (κ2) is 7.22. The number of hydrogen-bond acceptors (Lipinski definition) is 4.